The fourth-order valence-corrected chi connectivity index (χ4v) is 2.15. The minimum absolute atomic E-state index is 0.201. The summed E-state index contributed by atoms with van der Waals surface area (Å²) in [7, 11) is 0. The first-order valence-corrected chi connectivity index (χ1v) is 8.11. The molecule has 0 amide bonds. The van der Waals surface area contributed by atoms with Crippen molar-refractivity contribution in [3.05, 3.63) is 28.2 Å². The molecule has 0 aliphatic heterocycles. The highest BCUT2D eigenvalue weighted by Crippen LogP contribution is 2.31. The van der Waals surface area contributed by atoms with E-state index >= 15 is 0 Å². The summed E-state index contributed by atoms with van der Waals surface area (Å²) in [5.74, 6) is 1.35. The van der Waals surface area contributed by atoms with Gasteiger partial charge in [-0.05, 0) is 39.8 Å². The van der Waals surface area contributed by atoms with Gasteiger partial charge in [0.05, 0.1) is 15.7 Å². The van der Waals surface area contributed by atoms with Gasteiger partial charge in [-0.3, -0.25) is 0 Å². The molecule has 6 nitrogen and oxygen atoms in total. The molecular weight excluding hydrogens is 335 g/mol. The summed E-state index contributed by atoms with van der Waals surface area (Å²) in [6, 6.07) is 5.74. The number of aromatic nitrogens is 3. The van der Waals surface area contributed by atoms with Gasteiger partial charge in [0.1, 0.15) is 0 Å². The lowest BCUT2D eigenvalue weighted by Crippen LogP contribution is -2.18. The second-order valence-corrected chi connectivity index (χ2v) is 6.42. The van der Waals surface area contributed by atoms with Crippen molar-refractivity contribution in [3.63, 3.8) is 0 Å². The van der Waals surface area contributed by atoms with Crippen LogP contribution >= 0.6 is 23.2 Å². The third-order valence-corrected chi connectivity index (χ3v) is 3.49. The third-order valence-electron chi connectivity index (χ3n) is 2.67. The minimum atomic E-state index is 0.201. The smallest absolute Gasteiger partial charge is 0.233 e. The van der Waals surface area contributed by atoms with Gasteiger partial charge < -0.3 is 16.0 Å². The summed E-state index contributed by atoms with van der Waals surface area (Å²) in [6.45, 7) is 8.06. The molecule has 23 heavy (non-hydrogen) atoms. The number of nitrogens with one attached hydrogen (secondary N) is 3. The van der Waals surface area contributed by atoms with Gasteiger partial charge in [0, 0.05) is 12.1 Å². The van der Waals surface area contributed by atoms with Crippen molar-refractivity contribution in [1.29, 1.82) is 0 Å². The van der Waals surface area contributed by atoms with Crippen molar-refractivity contribution in [2.45, 2.75) is 39.8 Å². The molecule has 3 N–H and O–H groups in total. The lowest BCUT2D eigenvalue weighted by molar-refractivity contribution is 0.847. The lowest BCUT2D eigenvalue weighted by Gasteiger charge is -2.14. The Bertz CT molecular complexity index is 647. The highest BCUT2D eigenvalue weighted by molar-refractivity contribution is 6.43. The van der Waals surface area contributed by atoms with Crippen molar-refractivity contribution in [1.82, 2.24) is 15.0 Å². The van der Waals surface area contributed by atoms with Gasteiger partial charge in [0.2, 0.25) is 17.8 Å². The molecule has 0 unspecified atom stereocenters. The quantitative estimate of drug-likeness (QED) is 0.705. The molecule has 1 heterocycles. The van der Waals surface area contributed by atoms with Crippen LogP contribution in [0.1, 0.15) is 27.7 Å². The van der Waals surface area contributed by atoms with E-state index in [0.29, 0.717) is 33.6 Å². The fraction of sp³-hybridized carbons (Fsp3) is 0.400. The van der Waals surface area contributed by atoms with Gasteiger partial charge in [0.15, 0.2) is 0 Å². The van der Waals surface area contributed by atoms with Gasteiger partial charge in [-0.2, -0.15) is 15.0 Å². The molecular formula is C15H20Cl2N6. The maximum absolute atomic E-state index is 6.19. The average molecular weight is 355 g/mol. The second-order valence-electron chi connectivity index (χ2n) is 5.63. The Morgan fingerprint density at radius 1 is 0.826 bits per heavy atom. The van der Waals surface area contributed by atoms with E-state index in [1.165, 1.54) is 0 Å². The molecule has 0 bridgehead atoms. The molecule has 0 atom stereocenters. The van der Waals surface area contributed by atoms with E-state index in [4.69, 9.17) is 23.2 Å². The zero-order chi connectivity index (χ0) is 17.0. The van der Waals surface area contributed by atoms with Crippen molar-refractivity contribution >= 4 is 46.7 Å². The number of anilines is 4. The highest BCUT2D eigenvalue weighted by Gasteiger charge is 2.11. The van der Waals surface area contributed by atoms with Crippen LogP contribution in [0.5, 0.6) is 0 Å². The molecule has 0 fully saturated rings. The zero-order valence-corrected chi connectivity index (χ0v) is 15.0. The van der Waals surface area contributed by atoms with Crippen LogP contribution in [0.4, 0.5) is 23.5 Å². The summed E-state index contributed by atoms with van der Waals surface area (Å²) in [5.41, 5.74) is 0.636. The van der Waals surface area contributed by atoms with Gasteiger partial charge in [-0.1, -0.05) is 29.3 Å². The number of hydrogen-bond donors (Lipinski definition) is 3. The van der Waals surface area contributed by atoms with E-state index in [-0.39, 0.29) is 12.1 Å². The topological polar surface area (TPSA) is 74.8 Å². The molecule has 8 heteroatoms. The van der Waals surface area contributed by atoms with Crippen LogP contribution in [0.3, 0.4) is 0 Å². The van der Waals surface area contributed by atoms with Crippen LogP contribution in [-0.2, 0) is 0 Å². The Kier molecular flexibility index (Phi) is 5.85. The SMILES string of the molecule is CC(C)Nc1nc(Nc2cccc(Cl)c2Cl)nc(NC(C)C)n1. The fourth-order valence-electron chi connectivity index (χ4n) is 1.80. The minimum Gasteiger partial charge on any atom is -0.352 e. The Morgan fingerprint density at radius 3 is 1.87 bits per heavy atom. The van der Waals surface area contributed by atoms with E-state index in [1.807, 2.05) is 33.8 Å². The van der Waals surface area contributed by atoms with Gasteiger partial charge in [-0.25, -0.2) is 0 Å². The van der Waals surface area contributed by atoms with E-state index in [2.05, 4.69) is 30.9 Å². The Balaban J connectivity index is 2.34. The van der Waals surface area contributed by atoms with Crippen LogP contribution in [-0.4, -0.2) is 27.0 Å². The number of benzene rings is 1. The van der Waals surface area contributed by atoms with Crippen LogP contribution in [0.25, 0.3) is 0 Å². The van der Waals surface area contributed by atoms with E-state index in [0.717, 1.165) is 0 Å². The molecule has 0 saturated heterocycles. The van der Waals surface area contributed by atoms with Gasteiger partial charge in [0.25, 0.3) is 0 Å². The Hall–Kier alpha value is -1.79. The normalized spacial score (nSPS) is 11.0. The third kappa shape index (κ3) is 5.11. The molecule has 0 aliphatic carbocycles. The van der Waals surface area contributed by atoms with Crippen molar-refractivity contribution in [2.75, 3.05) is 16.0 Å². The molecule has 2 rings (SSSR count). The lowest BCUT2D eigenvalue weighted by atomic mass is 10.3. The summed E-state index contributed by atoms with van der Waals surface area (Å²) >= 11 is 12.2. The van der Waals surface area contributed by atoms with Crippen LogP contribution in [0, 0.1) is 0 Å². The number of rotatable bonds is 6. The average Bonchev–Trinajstić information content (AvgIpc) is 2.42. The molecule has 0 radical (unpaired) electrons. The molecule has 1 aromatic heterocycles. The number of hydrogen-bond acceptors (Lipinski definition) is 6. The highest BCUT2D eigenvalue weighted by atomic mass is 35.5. The molecule has 0 aliphatic rings. The van der Waals surface area contributed by atoms with Gasteiger partial charge >= 0.3 is 0 Å². The van der Waals surface area contributed by atoms with Crippen molar-refractivity contribution in [3.8, 4) is 0 Å². The number of halogens is 2. The molecule has 2 aromatic rings. The van der Waals surface area contributed by atoms with E-state index < -0.39 is 0 Å². The molecule has 0 spiro atoms. The van der Waals surface area contributed by atoms with E-state index in [9.17, 15) is 0 Å². The van der Waals surface area contributed by atoms with E-state index in [1.54, 1.807) is 12.1 Å². The largest absolute Gasteiger partial charge is 0.352 e. The molecule has 0 saturated carbocycles. The van der Waals surface area contributed by atoms with Crippen molar-refractivity contribution in [2.24, 2.45) is 0 Å². The van der Waals surface area contributed by atoms with Crippen LogP contribution < -0.4 is 16.0 Å². The summed E-state index contributed by atoms with van der Waals surface area (Å²) in [6.07, 6.45) is 0. The van der Waals surface area contributed by atoms with Gasteiger partial charge in [-0.15, -0.1) is 0 Å². The molecule has 124 valence electrons. The summed E-state index contributed by atoms with van der Waals surface area (Å²) in [5, 5.41) is 10.3. The monoisotopic (exact) mass is 354 g/mol. The Morgan fingerprint density at radius 2 is 1.35 bits per heavy atom. The summed E-state index contributed by atoms with van der Waals surface area (Å²) in [4.78, 5) is 13.1. The second kappa shape index (κ2) is 7.66. The summed E-state index contributed by atoms with van der Waals surface area (Å²) < 4.78 is 0. The maximum atomic E-state index is 6.19. The first-order valence-electron chi connectivity index (χ1n) is 7.35. The predicted octanol–water partition coefficient (Wildman–Crippen LogP) is 4.56. The first kappa shape index (κ1) is 17.6. The van der Waals surface area contributed by atoms with Crippen molar-refractivity contribution < 1.29 is 0 Å². The zero-order valence-electron chi connectivity index (χ0n) is 13.5. The van der Waals surface area contributed by atoms with Crippen LogP contribution in [0.2, 0.25) is 10.0 Å². The predicted molar refractivity (Wildman–Crippen MR) is 97.1 cm³/mol. The first-order chi connectivity index (χ1) is 10.8. The maximum Gasteiger partial charge on any atom is 0.233 e. The number of nitrogens with zero attached hydrogens (tertiary/aromatic N) is 3. The molecule has 1 aromatic carbocycles. The standard InChI is InChI=1S/C15H20Cl2N6/c1-8(2)18-13-21-14(19-9(3)4)23-15(22-13)20-11-7-5-6-10(16)12(11)17/h5-9H,1-4H3,(H3,18,19,20,21,22,23). The Labute approximate surface area is 146 Å². The van der Waals surface area contributed by atoms with Crippen LogP contribution in [0.15, 0.2) is 18.2 Å².